The number of phosphoric ester groups is 1. The first kappa shape index (κ1) is 29.0. The third kappa shape index (κ3) is 8.20. The number of hydrogen-bond donors (Lipinski definition) is 2. The molecule has 0 bridgehead atoms. The molecule has 0 aliphatic rings. The van der Waals surface area contributed by atoms with Crippen molar-refractivity contribution in [2.45, 2.75) is 19.9 Å². The maximum atomic E-state index is 12.7. The van der Waals surface area contributed by atoms with Gasteiger partial charge in [-0.3, -0.25) is 9.32 Å². The molecule has 2 aromatic carbocycles. The van der Waals surface area contributed by atoms with E-state index < -0.39 is 32.0 Å². The molecule has 3 rings (SSSR count). The summed E-state index contributed by atoms with van der Waals surface area (Å²) in [6.45, 7) is 0.841. The normalized spacial score (nSPS) is 11.6. The molecule has 0 radical (unpaired) electrons. The quantitative estimate of drug-likeness (QED) is 0.343. The summed E-state index contributed by atoms with van der Waals surface area (Å²) in [7, 11) is -4.81. The molecule has 0 unspecified atom stereocenters. The summed E-state index contributed by atoms with van der Waals surface area (Å²) in [6, 6.07) is 10.7. The van der Waals surface area contributed by atoms with Crippen molar-refractivity contribution < 1.29 is 92.9 Å². The van der Waals surface area contributed by atoms with Crippen LogP contribution >= 0.6 is 19.4 Å². The fourth-order valence-electron chi connectivity index (χ4n) is 2.79. The van der Waals surface area contributed by atoms with Crippen molar-refractivity contribution in [1.29, 1.82) is 0 Å². The summed E-state index contributed by atoms with van der Waals surface area (Å²) in [5.74, 6) is 0.134. The van der Waals surface area contributed by atoms with Crippen molar-refractivity contribution in [3.63, 3.8) is 0 Å². The zero-order valence-electron chi connectivity index (χ0n) is 17.7. The van der Waals surface area contributed by atoms with Crippen molar-refractivity contribution in [2.75, 3.05) is 0 Å². The molecular weight excluding hydrogens is 529 g/mol. The first-order chi connectivity index (χ1) is 15.3. The summed E-state index contributed by atoms with van der Waals surface area (Å²) in [6.07, 6.45) is -4.80. The predicted molar refractivity (Wildman–Crippen MR) is 111 cm³/mol. The zero-order valence-corrected chi connectivity index (χ0v) is 22.4. The number of rotatable bonds is 7. The summed E-state index contributed by atoms with van der Waals surface area (Å²) >= 11 is 6.01. The Kier molecular flexibility index (Phi) is 10.00. The van der Waals surface area contributed by atoms with Crippen LogP contribution in [0.1, 0.15) is 11.4 Å². The van der Waals surface area contributed by atoms with Gasteiger partial charge in [-0.2, -0.15) is 0 Å². The number of nitrogens with zero attached hydrogens (tertiary/aromatic N) is 1. The van der Waals surface area contributed by atoms with Gasteiger partial charge < -0.3 is 24.2 Å². The molecule has 1 aromatic heterocycles. The Morgan fingerprint density at radius 1 is 1.00 bits per heavy atom. The molecule has 34 heavy (non-hydrogen) atoms. The topological polar surface area (TPSA) is 116 Å². The van der Waals surface area contributed by atoms with Crippen LogP contribution in [-0.2, 0) is 15.7 Å². The van der Waals surface area contributed by atoms with Gasteiger partial charge in [0.25, 0.3) is 0 Å². The predicted octanol–water partition coefficient (Wildman–Crippen LogP) is 1.94. The maximum absolute atomic E-state index is 12.7. The first-order valence-electron chi connectivity index (χ1n) is 9.02. The smallest absolute Gasteiger partial charge is 0.661 e. The number of alkyl halides is 3. The average molecular weight is 544 g/mol. The number of phosphoric acid groups is 1. The molecule has 176 valence electrons. The Bertz CT molecular complexity index is 1250. The van der Waals surface area contributed by atoms with E-state index in [0.29, 0.717) is 11.3 Å². The molecule has 0 amide bonds. The largest absolute Gasteiger partial charge is 1.00 e. The minimum atomic E-state index is -4.81. The Balaban J connectivity index is 0.00000408. The average Bonchev–Trinajstić information content (AvgIpc) is 2.71. The van der Waals surface area contributed by atoms with Gasteiger partial charge in [0.1, 0.15) is 17.2 Å². The standard InChI is InChI=1S/C20H16ClF3NO7P.K/c1-11-18(21)19(26)17(16(25-11)10-30-33(27,28)29)12-2-4-13(5-3-12)31-14-6-8-15(9-7-14)32-20(22,23)24;/h2-9H,10H2,1H3,(H3,25,26,27,28,29);/q;+1/p-1. The Morgan fingerprint density at radius 3 is 2.00 bits per heavy atom. The van der Waals surface area contributed by atoms with Crippen LogP contribution in [0.5, 0.6) is 17.2 Å². The number of aromatic nitrogens is 1. The second-order valence-corrected chi connectivity index (χ2v) is 8.19. The Morgan fingerprint density at radius 2 is 1.50 bits per heavy atom. The molecule has 0 aliphatic carbocycles. The SMILES string of the molecule is Cc1[n-]c(COP(=O)(O)O)c(-c2ccc(Oc3ccc(OC(F)(F)F)cc3)cc2)c(=O)c1Cl.[K+]. The van der Waals surface area contributed by atoms with E-state index in [9.17, 15) is 22.5 Å². The number of halogens is 4. The summed E-state index contributed by atoms with van der Waals surface area (Å²) in [5.41, 5.74) is -0.103. The summed E-state index contributed by atoms with van der Waals surface area (Å²) < 4.78 is 61.6. The number of pyridine rings is 1. The molecule has 0 aliphatic heterocycles. The molecule has 1 heterocycles. The zero-order chi connectivity index (χ0) is 24.4. The molecule has 0 fully saturated rings. The second kappa shape index (κ2) is 11.7. The van der Waals surface area contributed by atoms with E-state index in [0.717, 1.165) is 12.1 Å². The molecule has 0 saturated carbocycles. The van der Waals surface area contributed by atoms with Crippen molar-refractivity contribution in [3.8, 4) is 28.4 Å². The fraction of sp³-hybridized carbons (Fsp3) is 0.150. The van der Waals surface area contributed by atoms with Gasteiger partial charge in [0.2, 0.25) is 5.43 Å². The fourth-order valence-corrected chi connectivity index (χ4v) is 3.22. The van der Waals surface area contributed by atoms with Crippen molar-refractivity contribution in [3.05, 3.63) is 75.2 Å². The van der Waals surface area contributed by atoms with Gasteiger partial charge in [0.15, 0.2) is 0 Å². The number of hydrogen-bond acceptors (Lipinski definition) is 5. The van der Waals surface area contributed by atoms with E-state index in [1.54, 1.807) is 0 Å². The van der Waals surface area contributed by atoms with Gasteiger partial charge in [-0.15, -0.1) is 24.6 Å². The molecule has 0 saturated heterocycles. The minimum absolute atomic E-state index is 0. The van der Waals surface area contributed by atoms with Crippen LogP contribution < -0.4 is 71.3 Å². The monoisotopic (exact) mass is 543 g/mol. The van der Waals surface area contributed by atoms with Crippen LogP contribution in [0.3, 0.4) is 0 Å². The minimum Gasteiger partial charge on any atom is -0.661 e. The van der Waals surface area contributed by atoms with E-state index in [1.807, 2.05) is 0 Å². The Labute approximate surface area is 238 Å². The van der Waals surface area contributed by atoms with Crippen molar-refractivity contribution in [1.82, 2.24) is 4.98 Å². The molecule has 3 aromatic rings. The molecule has 0 spiro atoms. The summed E-state index contributed by atoms with van der Waals surface area (Å²) in [5, 5.41) is -0.147. The van der Waals surface area contributed by atoms with Gasteiger partial charge in [-0.25, -0.2) is 4.57 Å². The van der Waals surface area contributed by atoms with Crippen LogP contribution in [0.4, 0.5) is 13.2 Å². The van der Waals surface area contributed by atoms with Crippen molar-refractivity contribution in [2.24, 2.45) is 0 Å². The van der Waals surface area contributed by atoms with Crippen LogP contribution in [0, 0.1) is 6.92 Å². The van der Waals surface area contributed by atoms with Crippen LogP contribution in [0.2, 0.25) is 5.02 Å². The van der Waals surface area contributed by atoms with Crippen LogP contribution in [0.25, 0.3) is 11.1 Å². The van der Waals surface area contributed by atoms with Crippen LogP contribution in [0.15, 0.2) is 53.3 Å². The molecule has 8 nitrogen and oxygen atoms in total. The first-order valence-corrected chi connectivity index (χ1v) is 10.9. The van der Waals surface area contributed by atoms with Gasteiger partial charge in [0, 0.05) is 5.56 Å². The third-order valence-corrected chi connectivity index (χ3v) is 5.05. The summed E-state index contributed by atoms with van der Waals surface area (Å²) in [4.78, 5) is 34.7. The second-order valence-electron chi connectivity index (χ2n) is 6.57. The van der Waals surface area contributed by atoms with Gasteiger partial charge in [0.05, 0.1) is 11.6 Å². The number of ether oxygens (including phenoxy) is 2. The van der Waals surface area contributed by atoms with Crippen molar-refractivity contribution >= 4 is 19.4 Å². The van der Waals surface area contributed by atoms with Crippen LogP contribution in [-0.4, -0.2) is 16.1 Å². The van der Waals surface area contributed by atoms with E-state index in [2.05, 4.69) is 14.2 Å². The molecule has 2 N–H and O–H groups in total. The number of aryl methyl sites for hydroxylation is 1. The van der Waals surface area contributed by atoms with E-state index in [4.69, 9.17) is 26.1 Å². The Hall–Kier alpha value is -1.18. The number of benzene rings is 2. The van der Waals surface area contributed by atoms with E-state index in [-0.39, 0.29) is 79.1 Å². The van der Waals surface area contributed by atoms with Gasteiger partial charge in [-0.1, -0.05) is 30.7 Å². The van der Waals surface area contributed by atoms with E-state index >= 15 is 0 Å². The van der Waals surface area contributed by atoms with E-state index in [1.165, 1.54) is 43.3 Å². The van der Waals surface area contributed by atoms with Gasteiger partial charge >= 0.3 is 65.6 Å². The molecular formula is C20H15ClF3KNO7P. The van der Waals surface area contributed by atoms with Gasteiger partial charge in [-0.05, 0) is 42.0 Å². The maximum Gasteiger partial charge on any atom is 1.00 e. The molecule has 14 heteroatoms. The third-order valence-electron chi connectivity index (χ3n) is 4.14. The molecule has 0 atom stereocenters.